The zero-order valence-corrected chi connectivity index (χ0v) is 9.69. The molecule has 0 spiro atoms. The first-order chi connectivity index (χ1) is 7.65. The van der Waals surface area contributed by atoms with Crippen LogP contribution in [-0.4, -0.2) is 34.5 Å². The predicted octanol–water partition coefficient (Wildman–Crippen LogP) is 1.50. The van der Waals surface area contributed by atoms with Crippen molar-refractivity contribution in [3.63, 3.8) is 0 Å². The maximum Gasteiger partial charge on any atom is 0.307 e. The van der Waals surface area contributed by atoms with Crippen LogP contribution in [0.1, 0.15) is 39.0 Å². The van der Waals surface area contributed by atoms with E-state index in [2.05, 4.69) is 6.92 Å². The third kappa shape index (κ3) is 2.36. The smallest absolute Gasteiger partial charge is 0.307 e. The quantitative estimate of drug-likeness (QED) is 0.745. The number of carbonyl (C=O) groups is 2. The highest BCUT2D eigenvalue weighted by Crippen LogP contribution is 2.42. The first-order valence-corrected chi connectivity index (χ1v) is 6.18. The Bertz CT molecular complexity index is 299. The molecule has 2 aliphatic rings. The van der Waals surface area contributed by atoms with Gasteiger partial charge in [0.1, 0.15) is 0 Å². The van der Waals surface area contributed by atoms with Crippen LogP contribution in [-0.2, 0) is 9.59 Å². The lowest BCUT2D eigenvalue weighted by Gasteiger charge is -2.22. The minimum Gasteiger partial charge on any atom is -0.481 e. The van der Waals surface area contributed by atoms with E-state index in [0.717, 1.165) is 32.2 Å². The van der Waals surface area contributed by atoms with E-state index in [9.17, 15) is 9.59 Å². The molecule has 2 aliphatic carbocycles. The summed E-state index contributed by atoms with van der Waals surface area (Å²) in [6.45, 7) is 2.91. The van der Waals surface area contributed by atoms with Crippen LogP contribution in [0.3, 0.4) is 0 Å². The average molecular weight is 225 g/mol. The van der Waals surface area contributed by atoms with E-state index in [1.165, 1.54) is 0 Å². The lowest BCUT2D eigenvalue weighted by molar-refractivity contribution is -0.142. The fourth-order valence-corrected chi connectivity index (χ4v) is 2.14. The minimum atomic E-state index is -0.815. The van der Waals surface area contributed by atoms with E-state index in [4.69, 9.17) is 5.11 Å². The van der Waals surface area contributed by atoms with Crippen LogP contribution < -0.4 is 0 Å². The van der Waals surface area contributed by atoms with Gasteiger partial charge in [0, 0.05) is 12.6 Å². The van der Waals surface area contributed by atoms with Crippen molar-refractivity contribution in [2.75, 3.05) is 6.54 Å². The summed E-state index contributed by atoms with van der Waals surface area (Å²) in [5, 5.41) is 8.81. The highest BCUT2D eigenvalue weighted by atomic mass is 16.4. The number of carboxylic acids is 1. The van der Waals surface area contributed by atoms with Crippen molar-refractivity contribution in [3.05, 3.63) is 0 Å². The molecule has 4 heteroatoms. The van der Waals surface area contributed by atoms with Gasteiger partial charge in [0.05, 0.1) is 11.8 Å². The van der Waals surface area contributed by atoms with E-state index < -0.39 is 11.9 Å². The molecule has 1 N–H and O–H groups in total. The van der Waals surface area contributed by atoms with E-state index in [0.29, 0.717) is 12.5 Å². The molecule has 0 radical (unpaired) electrons. The summed E-state index contributed by atoms with van der Waals surface area (Å²) in [4.78, 5) is 24.7. The average Bonchev–Trinajstić information content (AvgIpc) is 3.10. The third-order valence-electron chi connectivity index (χ3n) is 3.45. The third-order valence-corrected chi connectivity index (χ3v) is 3.45. The van der Waals surface area contributed by atoms with E-state index in [-0.39, 0.29) is 11.8 Å². The Hall–Kier alpha value is -1.06. The molecule has 2 atom stereocenters. The van der Waals surface area contributed by atoms with Crippen molar-refractivity contribution >= 4 is 11.9 Å². The molecule has 0 heterocycles. The molecule has 2 rings (SSSR count). The number of carboxylic acid groups (broad SMARTS) is 1. The van der Waals surface area contributed by atoms with Crippen molar-refractivity contribution in [3.8, 4) is 0 Å². The molecule has 4 nitrogen and oxygen atoms in total. The normalized spacial score (nSPS) is 27.6. The lowest BCUT2D eigenvalue weighted by Crippen LogP contribution is -2.35. The summed E-state index contributed by atoms with van der Waals surface area (Å²) in [6.07, 6.45) is 4.83. The number of unbranched alkanes of at least 4 members (excludes halogenated alkanes) is 1. The SMILES string of the molecule is CCCCN(C(=O)[C@@H]1C[C@@H]1C(=O)O)C1CC1. The van der Waals surface area contributed by atoms with Crippen molar-refractivity contribution in [2.24, 2.45) is 11.8 Å². The van der Waals surface area contributed by atoms with Gasteiger partial charge >= 0.3 is 5.97 Å². The summed E-state index contributed by atoms with van der Waals surface area (Å²) < 4.78 is 0. The van der Waals surface area contributed by atoms with Gasteiger partial charge in [-0.15, -0.1) is 0 Å². The number of hydrogen-bond acceptors (Lipinski definition) is 2. The zero-order valence-electron chi connectivity index (χ0n) is 9.69. The summed E-state index contributed by atoms with van der Waals surface area (Å²) in [5.41, 5.74) is 0. The second-order valence-electron chi connectivity index (χ2n) is 4.90. The van der Waals surface area contributed by atoms with E-state index >= 15 is 0 Å². The molecule has 0 aromatic carbocycles. The first-order valence-electron chi connectivity index (χ1n) is 6.18. The summed E-state index contributed by atoms with van der Waals surface area (Å²) in [6, 6.07) is 0.411. The van der Waals surface area contributed by atoms with Crippen LogP contribution >= 0.6 is 0 Å². The summed E-state index contributed by atoms with van der Waals surface area (Å²) >= 11 is 0. The molecule has 2 fully saturated rings. The fourth-order valence-electron chi connectivity index (χ4n) is 2.14. The number of hydrogen-bond donors (Lipinski definition) is 1. The van der Waals surface area contributed by atoms with Crippen molar-refractivity contribution in [1.82, 2.24) is 4.90 Å². The number of amides is 1. The standard InChI is InChI=1S/C12H19NO3/c1-2-3-6-13(8-4-5-8)11(14)9-7-10(9)12(15)16/h8-10H,2-7H2,1H3,(H,15,16)/t9-,10+/m1/s1. The summed E-state index contributed by atoms with van der Waals surface area (Å²) in [7, 11) is 0. The van der Waals surface area contributed by atoms with Crippen LogP contribution in [0.25, 0.3) is 0 Å². The Labute approximate surface area is 95.6 Å². The van der Waals surface area contributed by atoms with Gasteiger partial charge in [-0.1, -0.05) is 13.3 Å². The molecule has 0 aromatic heterocycles. The molecule has 0 saturated heterocycles. The van der Waals surface area contributed by atoms with Crippen LogP contribution in [0, 0.1) is 11.8 Å². The molecule has 0 unspecified atom stereocenters. The summed E-state index contributed by atoms with van der Waals surface area (Å²) in [5.74, 6) is -1.36. The zero-order chi connectivity index (χ0) is 11.7. The number of nitrogens with zero attached hydrogens (tertiary/aromatic N) is 1. The van der Waals surface area contributed by atoms with Gasteiger partial charge in [0.25, 0.3) is 0 Å². The Balaban J connectivity index is 1.88. The van der Waals surface area contributed by atoms with Gasteiger partial charge in [0.15, 0.2) is 0 Å². The van der Waals surface area contributed by atoms with Crippen molar-refractivity contribution in [2.45, 2.75) is 45.1 Å². The second kappa shape index (κ2) is 4.44. The molecule has 16 heavy (non-hydrogen) atoms. The van der Waals surface area contributed by atoms with Gasteiger partial charge in [-0.2, -0.15) is 0 Å². The Morgan fingerprint density at radius 2 is 2.00 bits per heavy atom. The van der Waals surface area contributed by atoms with Gasteiger partial charge in [-0.3, -0.25) is 9.59 Å². The van der Waals surface area contributed by atoms with E-state index in [1.54, 1.807) is 0 Å². The molecule has 90 valence electrons. The topological polar surface area (TPSA) is 57.6 Å². The van der Waals surface area contributed by atoms with E-state index in [1.807, 2.05) is 4.90 Å². The minimum absolute atomic E-state index is 0.0864. The van der Waals surface area contributed by atoms with Crippen LogP contribution in [0.15, 0.2) is 0 Å². The lowest BCUT2D eigenvalue weighted by atomic mass is 10.2. The largest absolute Gasteiger partial charge is 0.481 e. The van der Waals surface area contributed by atoms with Crippen LogP contribution in [0.4, 0.5) is 0 Å². The first kappa shape index (κ1) is 11.4. The van der Waals surface area contributed by atoms with Gasteiger partial charge in [0.2, 0.25) is 5.91 Å². The molecule has 2 saturated carbocycles. The van der Waals surface area contributed by atoms with Crippen LogP contribution in [0.5, 0.6) is 0 Å². The Morgan fingerprint density at radius 3 is 2.44 bits per heavy atom. The maximum absolute atomic E-state index is 12.1. The second-order valence-corrected chi connectivity index (χ2v) is 4.90. The highest BCUT2D eigenvalue weighted by molar-refractivity contribution is 5.89. The predicted molar refractivity (Wildman–Crippen MR) is 58.9 cm³/mol. The molecule has 1 amide bonds. The van der Waals surface area contributed by atoms with Gasteiger partial charge < -0.3 is 10.0 Å². The maximum atomic E-state index is 12.1. The van der Waals surface area contributed by atoms with Crippen molar-refractivity contribution < 1.29 is 14.7 Å². The fraction of sp³-hybridized carbons (Fsp3) is 0.833. The number of carbonyl (C=O) groups excluding carboxylic acids is 1. The molecule has 0 bridgehead atoms. The monoisotopic (exact) mass is 225 g/mol. The van der Waals surface area contributed by atoms with Crippen LogP contribution in [0.2, 0.25) is 0 Å². The van der Waals surface area contributed by atoms with Gasteiger partial charge in [-0.25, -0.2) is 0 Å². The molecule has 0 aliphatic heterocycles. The number of aliphatic carboxylic acids is 1. The molecular formula is C12H19NO3. The number of rotatable bonds is 6. The molecular weight excluding hydrogens is 206 g/mol. The molecule has 0 aromatic rings. The van der Waals surface area contributed by atoms with Gasteiger partial charge in [-0.05, 0) is 25.7 Å². The highest BCUT2D eigenvalue weighted by Gasteiger charge is 2.51. The Kier molecular flexibility index (Phi) is 3.17. The Morgan fingerprint density at radius 1 is 1.31 bits per heavy atom. The van der Waals surface area contributed by atoms with Crippen molar-refractivity contribution in [1.29, 1.82) is 0 Å².